The second-order valence-electron chi connectivity index (χ2n) is 4.26. The molecule has 0 saturated carbocycles. The molecule has 0 aliphatic carbocycles. The van der Waals surface area contributed by atoms with Crippen molar-refractivity contribution >= 4 is 0 Å². The normalized spacial score (nSPS) is 15.3. The Balaban J connectivity index is 2.78. The van der Waals surface area contributed by atoms with Crippen molar-refractivity contribution in [2.24, 2.45) is 12.8 Å². The van der Waals surface area contributed by atoms with E-state index < -0.39 is 5.60 Å². The SMILES string of the molecule is CCCC(O)(CN)Cc1cc(C)nn1C. The first-order valence-electron chi connectivity index (χ1n) is 5.42. The van der Waals surface area contributed by atoms with Crippen molar-refractivity contribution in [1.82, 2.24) is 9.78 Å². The van der Waals surface area contributed by atoms with E-state index >= 15 is 0 Å². The maximum absolute atomic E-state index is 10.2. The quantitative estimate of drug-likeness (QED) is 0.756. The number of rotatable bonds is 5. The minimum absolute atomic E-state index is 0.297. The molecule has 1 rings (SSSR count). The second kappa shape index (κ2) is 4.77. The summed E-state index contributed by atoms with van der Waals surface area (Å²) in [5, 5.41) is 14.5. The second-order valence-corrected chi connectivity index (χ2v) is 4.26. The monoisotopic (exact) mass is 211 g/mol. The van der Waals surface area contributed by atoms with Crippen LogP contribution in [0.3, 0.4) is 0 Å². The van der Waals surface area contributed by atoms with Crippen LogP contribution in [0.2, 0.25) is 0 Å². The van der Waals surface area contributed by atoms with Gasteiger partial charge in [0, 0.05) is 25.7 Å². The predicted octanol–water partition coefficient (Wildman–Crippen LogP) is 0.761. The van der Waals surface area contributed by atoms with Crippen molar-refractivity contribution in [1.29, 1.82) is 0 Å². The maximum atomic E-state index is 10.2. The molecule has 4 nitrogen and oxygen atoms in total. The Morgan fingerprint density at radius 2 is 2.27 bits per heavy atom. The van der Waals surface area contributed by atoms with Crippen LogP contribution in [-0.4, -0.2) is 27.0 Å². The lowest BCUT2D eigenvalue weighted by Gasteiger charge is -2.25. The zero-order valence-corrected chi connectivity index (χ0v) is 9.82. The molecule has 1 heterocycles. The molecule has 0 aliphatic rings. The molecule has 4 heteroatoms. The van der Waals surface area contributed by atoms with Crippen LogP contribution in [0.25, 0.3) is 0 Å². The topological polar surface area (TPSA) is 64.1 Å². The summed E-state index contributed by atoms with van der Waals surface area (Å²) in [6.07, 6.45) is 2.24. The smallest absolute Gasteiger partial charge is 0.0824 e. The lowest BCUT2D eigenvalue weighted by Crippen LogP contribution is -2.40. The van der Waals surface area contributed by atoms with E-state index in [1.54, 1.807) is 0 Å². The van der Waals surface area contributed by atoms with E-state index in [9.17, 15) is 5.11 Å². The van der Waals surface area contributed by atoms with E-state index in [0.29, 0.717) is 13.0 Å². The van der Waals surface area contributed by atoms with Gasteiger partial charge in [0.2, 0.25) is 0 Å². The fourth-order valence-corrected chi connectivity index (χ4v) is 1.89. The van der Waals surface area contributed by atoms with Crippen molar-refractivity contribution in [2.45, 2.75) is 38.7 Å². The number of hydrogen-bond acceptors (Lipinski definition) is 3. The molecule has 15 heavy (non-hydrogen) atoms. The third-order valence-corrected chi connectivity index (χ3v) is 2.70. The minimum atomic E-state index is -0.783. The molecular weight excluding hydrogens is 190 g/mol. The van der Waals surface area contributed by atoms with Gasteiger partial charge in [-0.15, -0.1) is 0 Å². The fraction of sp³-hybridized carbons (Fsp3) is 0.727. The van der Waals surface area contributed by atoms with Gasteiger partial charge in [-0.25, -0.2) is 0 Å². The number of aromatic nitrogens is 2. The molecule has 0 aromatic carbocycles. The highest BCUT2D eigenvalue weighted by Gasteiger charge is 2.25. The molecule has 0 bridgehead atoms. The third kappa shape index (κ3) is 3.04. The summed E-state index contributed by atoms with van der Waals surface area (Å²) in [5.41, 5.74) is 6.85. The zero-order valence-electron chi connectivity index (χ0n) is 9.82. The largest absolute Gasteiger partial charge is 0.388 e. The van der Waals surface area contributed by atoms with Gasteiger partial charge in [-0.3, -0.25) is 4.68 Å². The van der Waals surface area contributed by atoms with E-state index in [4.69, 9.17) is 5.73 Å². The van der Waals surface area contributed by atoms with E-state index in [-0.39, 0.29) is 0 Å². The van der Waals surface area contributed by atoms with Crippen molar-refractivity contribution in [3.05, 3.63) is 17.5 Å². The van der Waals surface area contributed by atoms with Crippen molar-refractivity contribution < 1.29 is 5.11 Å². The number of aryl methyl sites for hydroxylation is 2. The molecule has 0 aliphatic heterocycles. The van der Waals surface area contributed by atoms with Gasteiger partial charge in [-0.2, -0.15) is 5.10 Å². The third-order valence-electron chi connectivity index (χ3n) is 2.70. The van der Waals surface area contributed by atoms with E-state index in [1.807, 2.05) is 24.7 Å². The Morgan fingerprint density at radius 1 is 1.60 bits per heavy atom. The molecule has 1 aromatic rings. The summed E-state index contributed by atoms with van der Waals surface area (Å²) < 4.78 is 1.81. The van der Waals surface area contributed by atoms with Gasteiger partial charge in [0.15, 0.2) is 0 Å². The van der Waals surface area contributed by atoms with Crippen LogP contribution in [0.1, 0.15) is 31.2 Å². The number of hydrogen-bond donors (Lipinski definition) is 2. The average Bonchev–Trinajstić information content (AvgIpc) is 2.45. The first-order chi connectivity index (χ1) is 7.00. The summed E-state index contributed by atoms with van der Waals surface area (Å²) in [4.78, 5) is 0. The Hall–Kier alpha value is -0.870. The van der Waals surface area contributed by atoms with E-state index in [1.165, 1.54) is 0 Å². The molecule has 0 radical (unpaired) electrons. The van der Waals surface area contributed by atoms with Gasteiger partial charge >= 0.3 is 0 Å². The molecule has 0 fully saturated rings. The highest BCUT2D eigenvalue weighted by Crippen LogP contribution is 2.18. The minimum Gasteiger partial charge on any atom is -0.388 e. The highest BCUT2D eigenvalue weighted by molar-refractivity contribution is 5.11. The highest BCUT2D eigenvalue weighted by atomic mass is 16.3. The lowest BCUT2D eigenvalue weighted by atomic mass is 9.92. The first kappa shape index (κ1) is 12.2. The molecule has 0 spiro atoms. The van der Waals surface area contributed by atoms with Gasteiger partial charge in [-0.05, 0) is 19.4 Å². The van der Waals surface area contributed by atoms with E-state index in [2.05, 4.69) is 12.0 Å². The Kier molecular flexibility index (Phi) is 3.88. The summed E-state index contributed by atoms with van der Waals surface area (Å²) in [6, 6.07) is 2.00. The summed E-state index contributed by atoms with van der Waals surface area (Å²) in [7, 11) is 1.89. The number of aliphatic hydroxyl groups is 1. The Labute approximate surface area is 91.1 Å². The van der Waals surface area contributed by atoms with Crippen LogP contribution >= 0.6 is 0 Å². The van der Waals surface area contributed by atoms with Crippen LogP contribution in [0.4, 0.5) is 0 Å². The standard InChI is InChI=1S/C11H21N3O/c1-4-5-11(15,8-12)7-10-6-9(2)13-14(10)3/h6,15H,4-5,7-8,12H2,1-3H3. The lowest BCUT2D eigenvalue weighted by molar-refractivity contribution is 0.0381. The molecule has 1 unspecified atom stereocenters. The summed E-state index contributed by atoms with van der Waals surface area (Å²) in [5.74, 6) is 0. The van der Waals surface area contributed by atoms with Gasteiger partial charge in [-0.1, -0.05) is 13.3 Å². The number of nitrogens with zero attached hydrogens (tertiary/aromatic N) is 2. The van der Waals surface area contributed by atoms with Crippen LogP contribution in [0, 0.1) is 6.92 Å². The van der Waals surface area contributed by atoms with Crippen LogP contribution < -0.4 is 5.73 Å². The average molecular weight is 211 g/mol. The summed E-state index contributed by atoms with van der Waals surface area (Å²) in [6.45, 7) is 4.30. The molecule has 3 N–H and O–H groups in total. The van der Waals surface area contributed by atoms with Gasteiger partial charge < -0.3 is 10.8 Å². The zero-order chi connectivity index (χ0) is 11.5. The molecule has 0 amide bonds. The van der Waals surface area contributed by atoms with Crippen LogP contribution in [0.15, 0.2) is 6.07 Å². The van der Waals surface area contributed by atoms with Gasteiger partial charge in [0.05, 0.1) is 11.3 Å². The van der Waals surface area contributed by atoms with Gasteiger partial charge in [0.25, 0.3) is 0 Å². The number of nitrogens with two attached hydrogens (primary N) is 1. The van der Waals surface area contributed by atoms with Gasteiger partial charge in [0.1, 0.15) is 0 Å². The summed E-state index contributed by atoms with van der Waals surface area (Å²) >= 11 is 0. The first-order valence-corrected chi connectivity index (χ1v) is 5.42. The van der Waals surface area contributed by atoms with Crippen LogP contribution in [0.5, 0.6) is 0 Å². The molecule has 86 valence electrons. The molecular formula is C11H21N3O. The van der Waals surface area contributed by atoms with Crippen molar-refractivity contribution in [3.8, 4) is 0 Å². The Morgan fingerprint density at radius 3 is 2.67 bits per heavy atom. The molecule has 0 saturated heterocycles. The maximum Gasteiger partial charge on any atom is 0.0824 e. The molecule has 1 aromatic heterocycles. The molecule has 1 atom stereocenters. The predicted molar refractivity (Wildman–Crippen MR) is 60.6 cm³/mol. The van der Waals surface area contributed by atoms with Crippen molar-refractivity contribution in [2.75, 3.05) is 6.54 Å². The van der Waals surface area contributed by atoms with E-state index in [0.717, 1.165) is 24.2 Å². The van der Waals surface area contributed by atoms with Crippen LogP contribution in [-0.2, 0) is 13.5 Å². The van der Waals surface area contributed by atoms with Crippen molar-refractivity contribution in [3.63, 3.8) is 0 Å². The Bertz CT molecular complexity index is 322. The fourth-order valence-electron chi connectivity index (χ4n) is 1.89.